The Kier molecular flexibility index (Phi) is 9.95. The van der Waals surface area contributed by atoms with Gasteiger partial charge in [0.15, 0.2) is 0 Å². The number of fused-ring (bicyclic) bond motifs is 1. The third-order valence-corrected chi connectivity index (χ3v) is 9.28. The zero-order valence-corrected chi connectivity index (χ0v) is 18.6. The molecule has 1 heterocycles. The summed E-state index contributed by atoms with van der Waals surface area (Å²) in [6.45, 7) is 12.6. The van der Waals surface area contributed by atoms with Crippen LogP contribution in [0.4, 0.5) is 0 Å². The van der Waals surface area contributed by atoms with E-state index in [4.69, 9.17) is 4.74 Å². The van der Waals surface area contributed by atoms with E-state index in [0.717, 1.165) is 26.3 Å². The van der Waals surface area contributed by atoms with E-state index < -0.39 is 8.07 Å². The lowest BCUT2D eigenvalue weighted by Crippen LogP contribution is -2.33. The third-order valence-electron chi connectivity index (χ3n) is 5.86. The molecule has 0 amide bonds. The molecule has 1 aliphatic rings. The fraction of sp³-hybridized carbons (Fsp3) is 0.739. The molecule has 0 radical (unpaired) electrons. The van der Waals surface area contributed by atoms with Crippen LogP contribution in [0.5, 0.6) is 0 Å². The van der Waals surface area contributed by atoms with Crippen LogP contribution < -0.4 is 0 Å². The molecule has 0 saturated carbocycles. The van der Waals surface area contributed by atoms with Crippen LogP contribution in [0.1, 0.15) is 56.6 Å². The molecule has 3 heteroatoms. The molecule has 0 fully saturated rings. The van der Waals surface area contributed by atoms with Crippen LogP contribution in [0, 0.1) is 0 Å². The second-order valence-electron chi connectivity index (χ2n) is 8.84. The quantitative estimate of drug-likeness (QED) is 0.304. The molecule has 0 unspecified atom stereocenters. The third kappa shape index (κ3) is 8.37. The topological polar surface area (TPSA) is 12.5 Å². The summed E-state index contributed by atoms with van der Waals surface area (Å²) in [5.41, 5.74) is 3.04. The Bertz CT molecular complexity index is 503. The lowest BCUT2D eigenvalue weighted by Gasteiger charge is -2.28. The highest BCUT2D eigenvalue weighted by Crippen LogP contribution is 2.22. The van der Waals surface area contributed by atoms with Gasteiger partial charge in [-0.3, -0.25) is 4.90 Å². The van der Waals surface area contributed by atoms with Crippen LogP contribution in [0.3, 0.4) is 0 Å². The van der Waals surface area contributed by atoms with E-state index in [9.17, 15) is 0 Å². The van der Waals surface area contributed by atoms with Crippen LogP contribution in [-0.2, 0) is 17.7 Å². The van der Waals surface area contributed by atoms with E-state index in [-0.39, 0.29) is 0 Å². The average Bonchev–Trinajstić information content (AvgIpc) is 2.64. The highest BCUT2D eigenvalue weighted by Gasteiger charge is 2.19. The van der Waals surface area contributed by atoms with Gasteiger partial charge < -0.3 is 4.74 Å². The first-order chi connectivity index (χ1) is 12.6. The summed E-state index contributed by atoms with van der Waals surface area (Å²) in [5, 5.41) is 0. The highest BCUT2D eigenvalue weighted by molar-refractivity contribution is 6.77. The largest absolute Gasteiger partial charge is 0.380 e. The molecular formula is C23H41NOSi. The van der Waals surface area contributed by atoms with Crippen molar-refractivity contribution in [1.29, 1.82) is 0 Å². The molecule has 26 heavy (non-hydrogen) atoms. The van der Waals surface area contributed by atoms with Crippen molar-refractivity contribution in [2.45, 2.75) is 83.6 Å². The minimum atomic E-state index is -0.986. The van der Waals surface area contributed by atoms with Crippen LogP contribution in [0.15, 0.2) is 24.3 Å². The van der Waals surface area contributed by atoms with Gasteiger partial charge in [-0.15, -0.1) is 0 Å². The van der Waals surface area contributed by atoms with Crippen LogP contribution in [-0.4, -0.2) is 39.3 Å². The smallest absolute Gasteiger partial charge is 0.0593 e. The summed E-state index contributed by atoms with van der Waals surface area (Å²) < 4.78 is 5.96. The molecular weight excluding hydrogens is 334 g/mol. The maximum absolute atomic E-state index is 5.96. The summed E-state index contributed by atoms with van der Waals surface area (Å²) in [4.78, 5) is 2.54. The number of benzene rings is 1. The van der Waals surface area contributed by atoms with Crippen molar-refractivity contribution in [3.8, 4) is 0 Å². The zero-order chi connectivity index (χ0) is 18.7. The standard InChI is InChI=1S/C23H41NOSi/c1-4-5-6-7-10-19-26(2,3)20-11-17-25-18-16-24-15-14-22-12-8-9-13-23(22)21-24/h8-9,12-13H,4-7,10-11,14-21H2,1-3H3. The fourth-order valence-corrected chi connectivity index (χ4v) is 6.58. The Hall–Kier alpha value is -0.643. The van der Waals surface area contributed by atoms with E-state index in [1.807, 2.05) is 0 Å². The Morgan fingerprint density at radius 3 is 2.46 bits per heavy atom. The van der Waals surface area contributed by atoms with Crippen molar-refractivity contribution >= 4 is 8.07 Å². The summed E-state index contributed by atoms with van der Waals surface area (Å²) in [5.74, 6) is 0. The molecule has 1 aliphatic heterocycles. The van der Waals surface area contributed by atoms with E-state index >= 15 is 0 Å². The average molecular weight is 376 g/mol. The Labute approximate surface area is 163 Å². The molecule has 2 rings (SSSR count). The molecule has 0 N–H and O–H groups in total. The predicted octanol–water partition coefficient (Wildman–Crippen LogP) is 6.13. The normalized spacial score (nSPS) is 15.2. The number of rotatable bonds is 13. The van der Waals surface area contributed by atoms with Crippen molar-refractivity contribution in [1.82, 2.24) is 4.90 Å². The SMILES string of the molecule is CCCCCCC[Si](C)(C)CCCOCCN1CCc2ccccc2C1. The van der Waals surface area contributed by atoms with Crippen LogP contribution in [0.25, 0.3) is 0 Å². The number of hydrogen-bond acceptors (Lipinski definition) is 2. The summed E-state index contributed by atoms with van der Waals surface area (Å²) in [7, 11) is -0.986. The van der Waals surface area contributed by atoms with E-state index in [2.05, 4.69) is 49.2 Å². The molecule has 2 nitrogen and oxygen atoms in total. The zero-order valence-electron chi connectivity index (χ0n) is 17.6. The number of unbranched alkanes of at least 4 members (excludes halogenated alkanes) is 4. The molecule has 0 saturated heterocycles. The number of hydrogen-bond donors (Lipinski definition) is 0. The molecule has 0 bridgehead atoms. The van der Waals surface area contributed by atoms with Gasteiger partial charge in [-0.25, -0.2) is 0 Å². The summed E-state index contributed by atoms with van der Waals surface area (Å²) in [6, 6.07) is 11.8. The van der Waals surface area contributed by atoms with Gasteiger partial charge in [0, 0.05) is 34.3 Å². The summed E-state index contributed by atoms with van der Waals surface area (Å²) in [6.07, 6.45) is 9.55. The van der Waals surface area contributed by atoms with Crippen molar-refractivity contribution in [3.05, 3.63) is 35.4 Å². The van der Waals surface area contributed by atoms with Crippen molar-refractivity contribution in [2.24, 2.45) is 0 Å². The second kappa shape index (κ2) is 11.9. The predicted molar refractivity (Wildman–Crippen MR) is 117 cm³/mol. The van der Waals surface area contributed by atoms with E-state index in [1.165, 1.54) is 74.7 Å². The van der Waals surface area contributed by atoms with Gasteiger partial charge in [0.1, 0.15) is 0 Å². The first-order valence-electron chi connectivity index (χ1n) is 11.0. The maximum atomic E-state index is 5.96. The van der Waals surface area contributed by atoms with E-state index in [1.54, 1.807) is 0 Å². The molecule has 148 valence electrons. The Balaban J connectivity index is 1.49. The molecule has 1 aromatic carbocycles. The molecule has 0 spiro atoms. The van der Waals surface area contributed by atoms with Gasteiger partial charge >= 0.3 is 0 Å². The monoisotopic (exact) mass is 375 g/mol. The van der Waals surface area contributed by atoms with Crippen molar-refractivity contribution < 1.29 is 4.74 Å². The van der Waals surface area contributed by atoms with Gasteiger partial charge in [-0.05, 0) is 24.0 Å². The minimum Gasteiger partial charge on any atom is -0.380 e. The van der Waals surface area contributed by atoms with Gasteiger partial charge in [0.25, 0.3) is 0 Å². The maximum Gasteiger partial charge on any atom is 0.0593 e. The molecule has 0 aliphatic carbocycles. The fourth-order valence-electron chi connectivity index (χ4n) is 4.03. The van der Waals surface area contributed by atoms with Crippen LogP contribution in [0.2, 0.25) is 25.2 Å². The second-order valence-corrected chi connectivity index (χ2v) is 14.2. The van der Waals surface area contributed by atoms with Crippen molar-refractivity contribution in [2.75, 3.05) is 26.3 Å². The minimum absolute atomic E-state index is 0.890. The molecule has 0 aromatic heterocycles. The highest BCUT2D eigenvalue weighted by atomic mass is 28.3. The number of ether oxygens (including phenoxy) is 1. The lowest BCUT2D eigenvalue weighted by molar-refractivity contribution is 0.0994. The lowest BCUT2D eigenvalue weighted by atomic mass is 10.0. The first kappa shape index (κ1) is 21.7. The van der Waals surface area contributed by atoms with Gasteiger partial charge in [0.2, 0.25) is 0 Å². The van der Waals surface area contributed by atoms with Gasteiger partial charge in [0.05, 0.1) is 6.61 Å². The Morgan fingerprint density at radius 2 is 1.65 bits per heavy atom. The Morgan fingerprint density at radius 1 is 0.923 bits per heavy atom. The molecule has 1 aromatic rings. The van der Waals surface area contributed by atoms with Gasteiger partial charge in [-0.1, -0.05) is 88.5 Å². The van der Waals surface area contributed by atoms with Gasteiger partial charge in [-0.2, -0.15) is 0 Å². The first-order valence-corrected chi connectivity index (χ1v) is 14.4. The van der Waals surface area contributed by atoms with E-state index in [0.29, 0.717) is 0 Å². The van der Waals surface area contributed by atoms with Crippen molar-refractivity contribution in [3.63, 3.8) is 0 Å². The molecule has 0 atom stereocenters. The van der Waals surface area contributed by atoms with Crippen LogP contribution >= 0.6 is 0 Å². The summed E-state index contributed by atoms with van der Waals surface area (Å²) >= 11 is 0. The number of nitrogens with zero attached hydrogens (tertiary/aromatic N) is 1.